The molecule has 2 aliphatic rings. The van der Waals surface area contributed by atoms with Crippen LogP contribution in [-0.2, 0) is 14.8 Å². The molecule has 0 saturated carbocycles. The minimum Gasteiger partial charge on any atom is -0.450 e. The quantitative estimate of drug-likeness (QED) is 0.769. The second kappa shape index (κ2) is 8.26. The number of rotatable bonds is 4. The van der Waals surface area contributed by atoms with E-state index in [2.05, 4.69) is 0 Å². The zero-order valence-electron chi connectivity index (χ0n) is 15.5. The number of ether oxygens (including phenoxy) is 1. The summed E-state index contributed by atoms with van der Waals surface area (Å²) in [5.74, 6) is -0.163. The van der Waals surface area contributed by atoms with Crippen LogP contribution in [0.2, 0.25) is 0 Å². The van der Waals surface area contributed by atoms with E-state index in [0.717, 1.165) is 12.8 Å². The number of nitrogens with zero attached hydrogens (tertiary/aromatic N) is 3. The predicted molar refractivity (Wildman–Crippen MR) is 98.9 cm³/mol. The van der Waals surface area contributed by atoms with Gasteiger partial charge in [0.2, 0.25) is 10.0 Å². The van der Waals surface area contributed by atoms with Crippen molar-refractivity contribution in [1.82, 2.24) is 14.1 Å². The molecule has 148 valence electrons. The summed E-state index contributed by atoms with van der Waals surface area (Å²) >= 11 is 0. The van der Waals surface area contributed by atoms with E-state index in [9.17, 15) is 18.0 Å². The van der Waals surface area contributed by atoms with Gasteiger partial charge < -0.3 is 14.5 Å². The summed E-state index contributed by atoms with van der Waals surface area (Å²) in [5, 5.41) is 0. The lowest BCUT2D eigenvalue weighted by molar-refractivity contribution is 0.0570. The smallest absolute Gasteiger partial charge is 0.409 e. The molecule has 0 atom stereocenters. The number of carbonyl (C=O) groups is 2. The van der Waals surface area contributed by atoms with Crippen LogP contribution in [0, 0.1) is 0 Å². The van der Waals surface area contributed by atoms with Crippen molar-refractivity contribution in [3.8, 4) is 0 Å². The monoisotopic (exact) mass is 395 g/mol. The van der Waals surface area contributed by atoms with Crippen LogP contribution in [0.3, 0.4) is 0 Å². The van der Waals surface area contributed by atoms with Gasteiger partial charge in [-0.1, -0.05) is 0 Å². The topological polar surface area (TPSA) is 87.2 Å². The molecule has 0 spiro atoms. The van der Waals surface area contributed by atoms with Crippen molar-refractivity contribution in [3.63, 3.8) is 0 Å². The Kier molecular flexibility index (Phi) is 6.01. The minimum absolute atomic E-state index is 0.163. The van der Waals surface area contributed by atoms with Crippen molar-refractivity contribution < 1.29 is 22.7 Å². The maximum absolute atomic E-state index is 12.7. The van der Waals surface area contributed by atoms with Crippen LogP contribution >= 0.6 is 0 Å². The zero-order valence-corrected chi connectivity index (χ0v) is 16.3. The highest BCUT2D eigenvalue weighted by Gasteiger charge is 2.28. The number of carbonyl (C=O) groups excluding carboxylic acids is 2. The first-order valence-corrected chi connectivity index (χ1v) is 10.7. The van der Waals surface area contributed by atoms with Crippen LogP contribution in [-0.4, -0.2) is 80.4 Å². The van der Waals surface area contributed by atoms with Gasteiger partial charge in [-0.05, 0) is 44.0 Å². The third-order valence-corrected chi connectivity index (χ3v) is 6.81. The highest BCUT2D eigenvalue weighted by atomic mass is 32.2. The molecule has 0 aliphatic carbocycles. The van der Waals surface area contributed by atoms with Crippen LogP contribution < -0.4 is 0 Å². The summed E-state index contributed by atoms with van der Waals surface area (Å²) in [6.07, 6.45) is 1.40. The number of piperazine rings is 1. The van der Waals surface area contributed by atoms with Gasteiger partial charge in [-0.3, -0.25) is 4.79 Å². The lowest BCUT2D eigenvalue weighted by Crippen LogP contribution is -2.50. The molecule has 1 aromatic rings. The van der Waals surface area contributed by atoms with E-state index >= 15 is 0 Å². The van der Waals surface area contributed by atoms with Gasteiger partial charge in [0.05, 0.1) is 11.5 Å². The van der Waals surface area contributed by atoms with Crippen molar-refractivity contribution >= 4 is 22.0 Å². The SMILES string of the molecule is CCOC(=O)N1CCN(C(=O)c2ccc(S(=O)(=O)N3CCCC3)cc2)CC1. The van der Waals surface area contributed by atoms with Crippen molar-refractivity contribution in [2.45, 2.75) is 24.7 Å². The summed E-state index contributed by atoms with van der Waals surface area (Å²) in [6, 6.07) is 6.11. The maximum atomic E-state index is 12.7. The van der Waals surface area contributed by atoms with E-state index in [1.807, 2.05) is 0 Å². The number of hydrogen-bond acceptors (Lipinski definition) is 5. The third-order valence-electron chi connectivity index (χ3n) is 4.90. The van der Waals surface area contributed by atoms with Gasteiger partial charge >= 0.3 is 6.09 Å². The van der Waals surface area contributed by atoms with Gasteiger partial charge in [-0.25, -0.2) is 13.2 Å². The van der Waals surface area contributed by atoms with E-state index in [4.69, 9.17) is 4.74 Å². The first kappa shape index (κ1) is 19.6. The van der Waals surface area contributed by atoms with Crippen LogP contribution in [0.5, 0.6) is 0 Å². The summed E-state index contributed by atoms with van der Waals surface area (Å²) in [6.45, 7) is 4.87. The summed E-state index contributed by atoms with van der Waals surface area (Å²) in [4.78, 5) is 27.8. The number of sulfonamides is 1. The lowest BCUT2D eigenvalue weighted by atomic mass is 10.2. The zero-order chi connectivity index (χ0) is 19.4. The highest BCUT2D eigenvalue weighted by Crippen LogP contribution is 2.21. The molecule has 0 radical (unpaired) electrons. The van der Waals surface area contributed by atoms with Crippen LogP contribution in [0.1, 0.15) is 30.1 Å². The molecule has 0 aromatic heterocycles. The van der Waals surface area contributed by atoms with Gasteiger partial charge in [0.1, 0.15) is 0 Å². The van der Waals surface area contributed by atoms with E-state index < -0.39 is 10.0 Å². The van der Waals surface area contributed by atoms with E-state index in [1.54, 1.807) is 28.9 Å². The summed E-state index contributed by atoms with van der Waals surface area (Å²) in [5.41, 5.74) is 0.444. The van der Waals surface area contributed by atoms with Crippen molar-refractivity contribution in [2.24, 2.45) is 0 Å². The molecule has 1 aromatic carbocycles. The molecule has 2 saturated heterocycles. The molecule has 8 nitrogen and oxygen atoms in total. The molecule has 2 amide bonds. The molecule has 0 N–H and O–H groups in total. The Morgan fingerprint density at radius 1 is 0.926 bits per heavy atom. The Bertz CT molecular complexity index is 780. The minimum atomic E-state index is -3.48. The molecule has 9 heteroatoms. The van der Waals surface area contributed by atoms with Crippen LogP contribution in [0.25, 0.3) is 0 Å². The Labute approximate surface area is 159 Å². The normalized spacial score (nSPS) is 18.6. The molecular formula is C18H25N3O5S. The molecular weight excluding hydrogens is 370 g/mol. The molecule has 2 heterocycles. The Morgan fingerprint density at radius 2 is 1.48 bits per heavy atom. The van der Waals surface area contributed by atoms with E-state index in [1.165, 1.54) is 16.4 Å². The van der Waals surface area contributed by atoms with Crippen molar-refractivity contribution in [2.75, 3.05) is 45.9 Å². The third kappa shape index (κ3) is 4.24. The fourth-order valence-corrected chi connectivity index (χ4v) is 4.85. The second-order valence-electron chi connectivity index (χ2n) is 6.61. The fraction of sp³-hybridized carbons (Fsp3) is 0.556. The van der Waals surface area contributed by atoms with Crippen LogP contribution in [0.15, 0.2) is 29.2 Å². The van der Waals surface area contributed by atoms with Gasteiger partial charge in [0.25, 0.3) is 5.91 Å². The van der Waals surface area contributed by atoms with Gasteiger partial charge in [-0.2, -0.15) is 4.31 Å². The van der Waals surface area contributed by atoms with E-state index in [0.29, 0.717) is 51.4 Å². The summed E-state index contributed by atoms with van der Waals surface area (Å²) < 4.78 is 31.6. The van der Waals surface area contributed by atoms with Crippen molar-refractivity contribution in [3.05, 3.63) is 29.8 Å². The lowest BCUT2D eigenvalue weighted by Gasteiger charge is -2.34. The first-order valence-electron chi connectivity index (χ1n) is 9.24. The number of hydrogen-bond donors (Lipinski definition) is 0. The number of benzene rings is 1. The Hall–Kier alpha value is -2.13. The Balaban J connectivity index is 1.62. The molecule has 27 heavy (non-hydrogen) atoms. The molecule has 2 aliphatic heterocycles. The van der Waals surface area contributed by atoms with Crippen molar-refractivity contribution in [1.29, 1.82) is 0 Å². The van der Waals surface area contributed by atoms with Gasteiger partial charge in [0, 0.05) is 44.8 Å². The summed E-state index contributed by atoms with van der Waals surface area (Å²) in [7, 11) is -3.48. The molecule has 3 rings (SSSR count). The average molecular weight is 395 g/mol. The largest absolute Gasteiger partial charge is 0.450 e. The Morgan fingerprint density at radius 3 is 2.04 bits per heavy atom. The second-order valence-corrected chi connectivity index (χ2v) is 8.55. The molecule has 0 unspecified atom stereocenters. The average Bonchev–Trinajstić information content (AvgIpc) is 3.23. The first-order chi connectivity index (χ1) is 12.9. The standard InChI is InChI=1S/C18H25N3O5S/c1-2-26-18(23)20-13-11-19(12-14-20)17(22)15-5-7-16(8-6-15)27(24,25)21-9-3-4-10-21/h5-8H,2-4,9-14H2,1H3. The van der Waals surface area contributed by atoms with Crippen LogP contribution in [0.4, 0.5) is 4.79 Å². The number of amides is 2. The highest BCUT2D eigenvalue weighted by molar-refractivity contribution is 7.89. The molecule has 2 fully saturated rings. The van der Waals surface area contributed by atoms with Gasteiger partial charge in [0.15, 0.2) is 0 Å². The molecule has 0 bridgehead atoms. The maximum Gasteiger partial charge on any atom is 0.409 e. The predicted octanol–water partition coefficient (Wildman–Crippen LogP) is 1.39. The van der Waals surface area contributed by atoms with E-state index in [-0.39, 0.29) is 16.9 Å². The fourth-order valence-electron chi connectivity index (χ4n) is 3.34. The van der Waals surface area contributed by atoms with Gasteiger partial charge in [-0.15, -0.1) is 0 Å².